The van der Waals surface area contributed by atoms with Crippen molar-refractivity contribution in [3.05, 3.63) is 47.0 Å². The molecular formula is C23H20F7N5O4. The minimum atomic E-state index is -4.94. The average molecular weight is 563 g/mol. The van der Waals surface area contributed by atoms with Crippen LogP contribution in [0.5, 0.6) is 11.5 Å². The smallest absolute Gasteiger partial charge is 0.437 e. The van der Waals surface area contributed by atoms with E-state index in [9.17, 15) is 36.2 Å². The molecule has 0 aliphatic carbocycles. The Kier molecular flexibility index (Phi) is 7.10. The lowest BCUT2D eigenvalue weighted by atomic mass is 10.0. The molecule has 210 valence electrons. The number of anilines is 2. The molecule has 16 heteroatoms. The predicted molar refractivity (Wildman–Crippen MR) is 122 cm³/mol. The number of aromatic amines is 1. The van der Waals surface area contributed by atoms with Gasteiger partial charge in [-0.15, -0.1) is 0 Å². The lowest BCUT2D eigenvalue weighted by Crippen LogP contribution is -2.36. The molecule has 1 unspecified atom stereocenters. The van der Waals surface area contributed by atoms with E-state index in [0.29, 0.717) is 13.0 Å². The number of ether oxygens (including phenoxy) is 2. The Balaban J connectivity index is 1.79. The van der Waals surface area contributed by atoms with Crippen molar-refractivity contribution in [2.75, 3.05) is 23.9 Å². The molecule has 2 aromatic heterocycles. The Labute approximate surface area is 215 Å². The topological polar surface area (TPSA) is 113 Å². The number of rotatable bonds is 6. The summed E-state index contributed by atoms with van der Waals surface area (Å²) < 4.78 is 105. The molecule has 1 aromatic carbocycles. The largest absolute Gasteiger partial charge is 0.481 e. The number of aromatic nitrogens is 3. The number of pyridine rings is 1. The van der Waals surface area contributed by atoms with E-state index >= 15 is 4.39 Å². The quantitative estimate of drug-likeness (QED) is 0.294. The Bertz CT molecular complexity index is 1410. The molecule has 1 aliphatic heterocycles. The van der Waals surface area contributed by atoms with Gasteiger partial charge in [0.25, 0.3) is 5.91 Å². The second kappa shape index (κ2) is 9.91. The van der Waals surface area contributed by atoms with E-state index in [0.717, 1.165) is 11.0 Å². The van der Waals surface area contributed by atoms with Crippen LogP contribution < -0.4 is 19.7 Å². The van der Waals surface area contributed by atoms with Crippen LogP contribution in [0.25, 0.3) is 11.3 Å². The summed E-state index contributed by atoms with van der Waals surface area (Å²) in [7, 11) is 1.40. The van der Waals surface area contributed by atoms with Crippen molar-refractivity contribution >= 4 is 17.4 Å². The van der Waals surface area contributed by atoms with E-state index in [1.165, 1.54) is 26.1 Å². The second-order valence-corrected chi connectivity index (χ2v) is 8.55. The maximum absolute atomic E-state index is 15.3. The second-order valence-electron chi connectivity index (χ2n) is 8.55. The van der Waals surface area contributed by atoms with Crippen molar-refractivity contribution in [1.82, 2.24) is 15.2 Å². The Hall–Kier alpha value is -4.08. The molecule has 2 atom stereocenters. The number of halogens is 7. The fourth-order valence-corrected chi connectivity index (χ4v) is 3.66. The van der Waals surface area contributed by atoms with Crippen LogP contribution in [0.1, 0.15) is 30.1 Å². The van der Waals surface area contributed by atoms with Crippen LogP contribution in [-0.2, 0) is 11.0 Å². The van der Waals surface area contributed by atoms with Crippen molar-refractivity contribution in [3.8, 4) is 22.8 Å². The molecular weight excluding hydrogens is 543 g/mol. The first-order chi connectivity index (χ1) is 18.1. The third-order valence-electron chi connectivity index (χ3n) is 5.81. The van der Waals surface area contributed by atoms with E-state index in [2.05, 4.69) is 20.5 Å². The van der Waals surface area contributed by atoms with Gasteiger partial charge in [0.05, 0.1) is 17.1 Å². The van der Waals surface area contributed by atoms with Crippen LogP contribution in [0.2, 0.25) is 0 Å². The highest BCUT2D eigenvalue weighted by atomic mass is 19.4. The van der Waals surface area contributed by atoms with E-state index in [1.54, 1.807) is 0 Å². The summed E-state index contributed by atoms with van der Waals surface area (Å²) in [6.45, 7) is 1.61. The number of aliphatic hydroxyl groups is 1. The molecule has 4 rings (SSSR count). The Morgan fingerprint density at radius 1 is 1.21 bits per heavy atom. The predicted octanol–water partition coefficient (Wildman–Crippen LogP) is 4.73. The van der Waals surface area contributed by atoms with Gasteiger partial charge in [0.15, 0.2) is 36.2 Å². The number of hydrogen-bond donors (Lipinski definition) is 3. The number of carbonyl (C=O) groups excluding carboxylic acids is 1. The molecule has 3 N–H and O–H groups in total. The van der Waals surface area contributed by atoms with Crippen LogP contribution in [0.3, 0.4) is 0 Å². The molecule has 0 radical (unpaired) electrons. The lowest BCUT2D eigenvalue weighted by Gasteiger charge is -2.26. The van der Waals surface area contributed by atoms with Crippen molar-refractivity contribution < 1.29 is 50.1 Å². The van der Waals surface area contributed by atoms with Crippen molar-refractivity contribution in [3.63, 3.8) is 0 Å². The number of likely N-dealkylation sites (N-methyl/N-ethyl adjacent to an activating group) is 1. The molecule has 3 aromatic rings. The number of nitrogens with zero attached hydrogens (tertiary/aromatic N) is 3. The number of carbonyl (C=O) groups is 1. The van der Waals surface area contributed by atoms with Gasteiger partial charge in [-0.05, 0) is 38.1 Å². The monoisotopic (exact) mass is 563 g/mol. The highest BCUT2D eigenvalue weighted by Gasteiger charge is 2.40. The normalized spacial score (nSPS) is 15.5. The highest BCUT2D eigenvalue weighted by Crippen LogP contribution is 2.40. The zero-order chi connectivity index (χ0) is 28.9. The van der Waals surface area contributed by atoms with Gasteiger partial charge in [-0.25, -0.2) is 9.37 Å². The molecule has 0 bridgehead atoms. The minimum Gasteiger partial charge on any atom is -0.481 e. The number of amides is 1. The third-order valence-corrected chi connectivity index (χ3v) is 5.81. The molecule has 39 heavy (non-hydrogen) atoms. The van der Waals surface area contributed by atoms with Crippen LogP contribution >= 0.6 is 0 Å². The summed E-state index contributed by atoms with van der Waals surface area (Å²) in [5.41, 5.74) is -3.40. The van der Waals surface area contributed by atoms with E-state index in [-0.39, 0.29) is 35.1 Å². The van der Waals surface area contributed by atoms with Crippen molar-refractivity contribution in [2.24, 2.45) is 0 Å². The number of aliphatic hydroxyl groups excluding tert-OH is 1. The number of benzene rings is 1. The van der Waals surface area contributed by atoms with Gasteiger partial charge in [0.2, 0.25) is 0 Å². The van der Waals surface area contributed by atoms with Crippen LogP contribution in [0.15, 0.2) is 24.3 Å². The zero-order valence-corrected chi connectivity index (χ0v) is 20.3. The number of alkyl halides is 6. The fraction of sp³-hybridized carbons (Fsp3) is 0.348. The standard InChI is InChI=1S/C23H20F7N5O4/c1-9-18(19(34-33-9)23(28,29)30)32-21(37)12-6-13(24)11(7-16(12)39-10(2)22(25,26)27)14-4-5-15-20(31-14)35(3)17(36)8-38-15/h4-7,10,21,32,37H,8H2,1-3H3,(H,33,34)/t10-,21?/m0/s1. The van der Waals surface area contributed by atoms with Crippen LogP contribution in [0, 0.1) is 12.7 Å². The fourth-order valence-electron chi connectivity index (χ4n) is 3.66. The number of hydrogen-bond acceptors (Lipinski definition) is 7. The molecule has 0 saturated heterocycles. The van der Waals surface area contributed by atoms with Crippen LogP contribution in [-0.4, -0.2) is 52.1 Å². The molecule has 9 nitrogen and oxygen atoms in total. The van der Waals surface area contributed by atoms with Gasteiger partial charge >= 0.3 is 12.4 Å². The van der Waals surface area contributed by atoms with E-state index < -0.39 is 59.1 Å². The van der Waals surface area contributed by atoms with E-state index in [4.69, 9.17) is 9.47 Å². The highest BCUT2D eigenvalue weighted by molar-refractivity contribution is 5.96. The average Bonchev–Trinajstić information content (AvgIpc) is 3.22. The van der Waals surface area contributed by atoms with Gasteiger partial charge in [0, 0.05) is 18.2 Å². The molecule has 0 spiro atoms. The van der Waals surface area contributed by atoms with Crippen molar-refractivity contribution in [1.29, 1.82) is 0 Å². The first kappa shape index (κ1) is 27.9. The third kappa shape index (κ3) is 5.55. The summed E-state index contributed by atoms with van der Waals surface area (Å²) in [4.78, 5) is 17.3. The number of nitrogens with one attached hydrogen (secondary N) is 2. The van der Waals surface area contributed by atoms with Gasteiger partial charge in [0.1, 0.15) is 11.6 Å². The number of H-pyrrole nitrogens is 1. The van der Waals surface area contributed by atoms with Crippen molar-refractivity contribution in [2.45, 2.75) is 38.5 Å². The molecule has 0 fully saturated rings. The summed E-state index contributed by atoms with van der Waals surface area (Å²) in [5.74, 6) is -2.01. The SMILES string of the molecule is Cc1[nH]nc(C(F)(F)F)c1NC(O)c1cc(F)c(-c2ccc3c(n2)N(C)C(=O)CO3)cc1O[C@@H](C)C(F)(F)F. The van der Waals surface area contributed by atoms with Crippen LogP contribution in [0.4, 0.5) is 42.2 Å². The maximum atomic E-state index is 15.3. The molecule has 1 amide bonds. The molecule has 0 saturated carbocycles. The molecule has 3 heterocycles. The lowest BCUT2D eigenvalue weighted by molar-refractivity contribution is -0.189. The number of fused-ring (bicyclic) bond motifs is 1. The maximum Gasteiger partial charge on any atom is 0.437 e. The zero-order valence-electron chi connectivity index (χ0n) is 20.3. The summed E-state index contributed by atoms with van der Waals surface area (Å²) in [6.07, 6.45) is -14.4. The Morgan fingerprint density at radius 2 is 1.90 bits per heavy atom. The van der Waals surface area contributed by atoms with Gasteiger partial charge in [-0.1, -0.05) is 0 Å². The summed E-state index contributed by atoms with van der Waals surface area (Å²) in [6, 6.07) is 4.10. The first-order valence-corrected chi connectivity index (χ1v) is 11.1. The molecule has 1 aliphatic rings. The summed E-state index contributed by atoms with van der Waals surface area (Å²) in [5, 5.41) is 18.0. The van der Waals surface area contributed by atoms with Gasteiger partial charge in [-0.2, -0.15) is 31.4 Å². The minimum absolute atomic E-state index is 0.0233. The summed E-state index contributed by atoms with van der Waals surface area (Å²) >= 11 is 0. The Morgan fingerprint density at radius 3 is 2.54 bits per heavy atom. The number of aryl methyl sites for hydroxylation is 1. The van der Waals surface area contributed by atoms with E-state index in [1.807, 2.05) is 0 Å². The first-order valence-electron chi connectivity index (χ1n) is 11.1. The van der Waals surface area contributed by atoms with Gasteiger partial charge < -0.3 is 19.9 Å². The van der Waals surface area contributed by atoms with Gasteiger partial charge in [-0.3, -0.25) is 14.8 Å².